The zero-order valence-corrected chi connectivity index (χ0v) is 11.3. The van der Waals surface area contributed by atoms with Crippen LogP contribution in [-0.4, -0.2) is 18.9 Å². The van der Waals surface area contributed by atoms with E-state index in [2.05, 4.69) is 0 Å². The van der Waals surface area contributed by atoms with Crippen LogP contribution >= 0.6 is 0 Å². The topological polar surface area (TPSA) is 43.4 Å². The van der Waals surface area contributed by atoms with Gasteiger partial charge in [0.15, 0.2) is 5.78 Å². The molecule has 0 aliphatic heterocycles. The highest BCUT2D eigenvalue weighted by atomic mass is 16.5. The molecular weight excluding hydrogens is 228 g/mol. The molecule has 18 heavy (non-hydrogen) atoms. The van der Waals surface area contributed by atoms with Crippen molar-refractivity contribution in [3.05, 3.63) is 34.4 Å². The van der Waals surface area contributed by atoms with Crippen LogP contribution < -0.4 is 0 Å². The van der Waals surface area contributed by atoms with Gasteiger partial charge in [-0.15, -0.1) is 0 Å². The summed E-state index contributed by atoms with van der Waals surface area (Å²) in [5.74, 6) is -0.486. The number of benzene rings is 1. The third kappa shape index (κ3) is 1.74. The number of carbonyl (C=O) groups is 2. The minimum absolute atomic E-state index is 0.0880. The Morgan fingerprint density at radius 3 is 2.22 bits per heavy atom. The first-order valence-corrected chi connectivity index (χ1v) is 6.14. The second kappa shape index (κ2) is 4.23. The van der Waals surface area contributed by atoms with Crippen molar-refractivity contribution in [2.45, 2.75) is 33.6 Å². The minimum atomic E-state index is -0.902. The highest BCUT2D eigenvalue weighted by Crippen LogP contribution is 2.49. The molecule has 0 radical (unpaired) electrons. The zero-order chi connectivity index (χ0) is 13.5. The van der Waals surface area contributed by atoms with Crippen LogP contribution in [0.25, 0.3) is 0 Å². The first-order chi connectivity index (χ1) is 8.44. The third-order valence-electron chi connectivity index (χ3n) is 4.06. The summed E-state index contributed by atoms with van der Waals surface area (Å²) < 4.78 is 4.75. The van der Waals surface area contributed by atoms with Gasteiger partial charge < -0.3 is 4.74 Å². The summed E-state index contributed by atoms with van der Waals surface area (Å²) in [5.41, 5.74) is 2.99. The lowest BCUT2D eigenvalue weighted by Crippen LogP contribution is -2.28. The Hall–Kier alpha value is -1.64. The van der Waals surface area contributed by atoms with E-state index in [9.17, 15) is 9.59 Å². The first-order valence-electron chi connectivity index (χ1n) is 6.14. The van der Waals surface area contributed by atoms with Gasteiger partial charge in [-0.2, -0.15) is 0 Å². The quantitative estimate of drug-likeness (QED) is 0.468. The normalized spacial score (nSPS) is 16.2. The van der Waals surface area contributed by atoms with E-state index in [-0.39, 0.29) is 5.78 Å². The Morgan fingerprint density at radius 1 is 1.11 bits per heavy atom. The van der Waals surface area contributed by atoms with Gasteiger partial charge in [0.1, 0.15) is 5.41 Å². The summed E-state index contributed by atoms with van der Waals surface area (Å²) in [7, 11) is 1.34. The maximum absolute atomic E-state index is 12.5. The van der Waals surface area contributed by atoms with Crippen molar-refractivity contribution >= 4 is 11.8 Å². The summed E-state index contributed by atoms with van der Waals surface area (Å²) in [6.07, 6.45) is 1.20. The summed E-state index contributed by atoms with van der Waals surface area (Å²) in [4.78, 5) is 24.2. The molecule has 3 heteroatoms. The van der Waals surface area contributed by atoms with Crippen molar-refractivity contribution in [2.24, 2.45) is 5.41 Å². The first kappa shape index (κ1) is 12.8. The van der Waals surface area contributed by atoms with Crippen LogP contribution in [-0.2, 0) is 9.53 Å². The monoisotopic (exact) mass is 246 g/mol. The van der Waals surface area contributed by atoms with Crippen LogP contribution in [0.15, 0.2) is 12.1 Å². The molecule has 0 heterocycles. The van der Waals surface area contributed by atoms with Crippen molar-refractivity contribution in [1.29, 1.82) is 0 Å². The lowest BCUT2D eigenvalue weighted by atomic mass is 9.89. The molecule has 1 aromatic carbocycles. The molecular formula is C15H18O3. The van der Waals surface area contributed by atoms with Crippen molar-refractivity contribution in [2.75, 3.05) is 7.11 Å². The lowest BCUT2D eigenvalue weighted by molar-refractivity contribution is -0.145. The molecule has 0 N–H and O–H groups in total. The van der Waals surface area contributed by atoms with E-state index in [1.807, 2.05) is 32.9 Å². The number of Topliss-reactive ketones (excluding diaryl/α,β-unsaturated/α-hetero) is 1. The Kier molecular flexibility index (Phi) is 3.01. The lowest BCUT2D eigenvalue weighted by Gasteiger charge is -2.15. The molecule has 1 aromatic rings. The van der Waals surface area contributed by atoms with Crippen LogP contribution in [0.4, 0.5) is 0 Å². The maximum Gasteiger partial charge on any atom is 0.319 e. The maximum atomic E-state index is 12.5. The minimum Gasteiger partial charge on any atom is -0.468 e. The van der Waals surface area contributed by atoms with E-state index in [0.29, 0.717) is 18.4 Å². The van der Waals surface area contributed by atoms with E-state index in [1.54, 1.807) is 0 Å². The van der Waals surface area contributed by atoms with E-state index in [0.717, 1.165) is 16.7 Å². The smallest absolute Gasteiger partial charge is 0.319 e. The van der Waals surface area contributed by atoms with Gasteiger partial charge in [-0.25, -0.2) is 0 Å². The molecule has 0 atom stereocenters. The Balaban J connectivity index is 2.42. The number of methoxy groups -OCH3 is 1. The van der Waals surface area contributed by atoms with Gasteiger partial charge in [-0.05, 0) is 50.3 Å². The third-order valence-corrected chi connectivity index (χ3v) is 4.06. The molecule has 0 unspecified atom stereocenters. The average molecular weight is 246 g/mol. The number of aryl methyl sites for hydroxylation is 1. The second-order valence-electron chi connectivity index (χ2n) is 5.08. The molecule has 1 aliphatic carbocycles. The molecule has 1 aliphatic rings. The number of esters is 1. The fourth-order valence-corrected chi connectivity index (χ4v) is 2.30. The van der Waals surface area contributed by atoms with E-state index in [1.165, 1.54) is 7.11 Å². The molecule has 96 valence electrons. The summed E-state index contributed by atoms with van der Waals surface area (Å²) in [6.45, 7) is 5.95. The van der Waals surface area contributed by atoms with Gasteiger partial charge in [0.05, 0.1) is 7.11 Å². The molecule has 2 rings (SSSR count). The molecule has 0 saturated heterocycles. The molecule has 0 spiro atoms. The van der Waals surface area contributed by atoms with Crippen LogP contribution in [0.5, 0.6) is 0 Å². The van der Waals surface area contributed by atoms with Crippen LogP contribution in [0.1, 0.15) is 39.9 Å². The standard InChI is InChI=1S/C15H18O3/c1-9-5-6-12(11(3)10(9)2)13(16)15(7-8-15)14(17)18-4/h5-6H,7-8H2,1-4H3. The zero-order valence-electron chi connectivity index (χ0n) is 11.3. The highest BCUT2D eigenvalue weighted by Gasteiger charge is 2.57. The molecule has 1 saturated carbocycles. The predicted octanol–water partition coefficient (Wildman–Crippen LogP) is 2.75. The van der Waals surface area contributed by atoms with Crippen molar-refractivity contribution in [3.8, 4) is 0 Å². The van der Waals surface area contributed by atoms with Crippen LogP contribution in [0, 0.1) is 26.2 Å². The largest absolute Gasteiger partial charge is 0.468 e. The fraction of sp³-hybridized carbons (Fsp3) is 0.467. The van der Waals surface area contributed by atoms with Crippen LogP contribution in [0.3, 0.4) is 0 Å². The van der Waals surface area contributed by atoms with Crippen LogP contribution in [0.2, 0.25) is 0 Å². The average Bonchev–Trinajstić information content (AvgIpc) is 3.16. The number of ether oxygens (including phenoxy) is 1. The van der Waals surface area contributed by atoms with Gasteiger partial charge in [0, 0.05) is 5.56 Å². The number of ketones is 1. The second-order valence-corrected chi connectivity index (χ2v) is 5.08. The number of hydrogen-bond acceptors (Lipinski definition) is 3. The number of hydrogen-bond donors (Lipinski definition) is 0. The summed E-state index contributed by atoms with van der Waals surface area (Å²) >= 11 is 0. The van der Waals surface area contributed by atoms with E-state index < -0.39 is 11.4 Å². The number of rotatable bonds is 3. The molecule has 3 nitrogen and oxygen atoms in total. The van der Waals surface area contributed by atoms with Crippen molar-refractivity contribution in [1.82, 2.24) is 0 Å². The SMILES string of the molecule is COC(=O)C1(C(=O)c2ccc(C)c(C)c2C)CC1. The number of carbonyl (C=O) groups excluding carboxylic acids is 2. The highest BCUT2D eigenvalue weighted by molar-refractivity contribution is 6.15. The predicted molar refractivity (Wildman–Crippen MR) is 68.7 cm³/mol. The van der Waals surface area contributed by atoms with Gasteiger partial charge >= 0.3 is 5.97 Å². The summed E-state index contributed by atoms with van der Waals surface area (Å²) in [6, 6.07) is 3.76. The Morgan fingerprint density at radius 2 is 1.72 bits per heavy atom. The Labute approximate surface area is 107 Å². The molecule has 1 fully saturated rings. The molecule has 0 bridgehead atoms. The van der Waals surface area contributed by atoms with Gasteiger partial charge in [-0.3, -0.25) is 9.59 Å². The van der Waals surface area contributed by atoms with Gasteiger partial charge in [0.25, 0.3) is 0 Å². The van der Waals surface area contributed by atoms with E-state index in [4.69, 9.17) is 4.74 Å². The van der Waals surface area contributed by atoms with E-state index >= 15 is 0 Å². The van der Waals surface area contributed by atoms with Gasteiger partial charge in [0.2, 0.25) is 0 Å². The van der Waals surface area contributed by atoms with Crippen molar-refractivity contribution < 1.29 is 14.3 Å². The Bertz CT molecular complexity index is 525. The molecule has 0 aromatic heterocycles. The van der Waals surface area contributed by atoms with Crippen molar-refractivity contribution in [3.63, 3.8) is 0 Å². The van der Waals surface area contributed by atoms with Gasteiger partial charge in [-0.1, -0.05) is 12.1 Å². The molecule has 0 amide bonds. The fourth-order valence-electron chi connectivity index (χ4n) is 2.30. The summed E-state index contributed by atoms with van der Waals surface area (Å²) in [5, 5.41) is 0.